The molecule has 2 N–H and O–H groups in total. The van der Waals surface area contributed by atoms with Crippen molar-refractivity contribution in [3.63, 3.8) is 0 Å². The Morgan fingerprint density at radius 2 is 1.49 bits per heavy atom. The van der Waals surface area contributed by atoms with Crippen LogP contribution in [0.1, 0.15) is 101 Å². The topological polar surface area (TPSA) is 96.4 Å². The molecular formula is C39H54O6. The third-order valence-corrected chi connectivity index (χ3v) is 9.64. The number of carbonyl (C=O) groups is 2. The summed E-state index contributed by atoms with van der Waals surface area (Å²) in [6.07, 6.45) is 21.3. The molecule has 0 aromatic rings. The molecule has 0 aromatic carbocycles. The second-order valence-electron chi connectivity index (χ2n) is 15.0. The SMILES string of the molecule is CC(=O)O[C@H]1CC(C)(C)C(=C=C/C(C)=C/C=C/C=C/C=C(C)/C=C/C=C(\C)C(=O)C[C@@]23O[C@]2(C)C[C@@H](O)CC3(C)C)[C@](C)(O)C1. The molecule has 0 bridgehead atoms. The first kappa shape index (κ1) is 36.4. The molecule has 5 atom stereocenters. The van der Waals surface area contributed by atoms with Crippen LogP contribution >= 0.6 is 0 Å². The third kappa shape index (κ3) is 8.83. The zero-order chi connectivity index (χ0) is 33.8. The fraction of sp³-hybridized carbons (Fsp3) is 0.564. The van der Waals surface area contributed by atoms with Crippen LogP contribution in [0.2, 0.25) is 0 Å². The predicted molar refractivity (Wildman–Crippen MR) is 180 cm³/mol. The summed E-state index contributed by atoms with van der Waals surface area (Å²) in [5.41, 5.74) is 4.22. The number of esters is 1. The van der Waals surface area contributed by atoms with Gasteiger partial charge in [0, 0.05) is 31.8 Å². The number of epoxide rings is 1. The molecule has 0 aromatic heterocycles. The average Bonchev–Trinajstić information content (AvgIpc) is 3.48. The molecule has 0 amide bonds. The van der Waals surface area contributed by atoms with E-state index in [1.54, 1.807) is 6.92 Å². The Balaban J connectivity index is 1.54. The zero-order valence-corrected chi connectivity index (χ0v) is 29.0. The van der Waals surface area contributed by atoms with Crippen LogP contribution in [0.5, 0.6) is 0 Å². The maximum Gasteiger partial charge on any atom is 0.302 e. The molecule has 2 aliphatic carbocycles. The molecule has 3 aliphatic rings. The Labute approximate surface area is 270 Å². The normalized spacial score (nSPS) is 33.3. The lowest BCUT2D eigenvalue weighted by Gasteiger charge is -2.44. The number of allylic oxidation sites excluding steroid dienone is 12. The van der Waals surface area contributed by atoms with Crippen molar-refractivity contribution in [1.82, 2.24) is 0 Å². The van der Waals surface area contributed by atoms with Gasteiger partial charge in [0.1, 0.15) is 11.7 Å². The second-order valence-corrected chi connectivity index (χ2v) is 15.0. The minimum Gasteiger partial charge on any atom is -0.462 e. The summed E-state index contributed by atoms with van der Waals surface area (Å²) < 4.78 is 11.6. The lowest BCUT2D eigenvalue weighted by molar-refractivity contribution is -0.152. The van der Waals surface area contributed by atoms with Crippen molar-refractivity contribution >= 4 is 11.8 Å². The molecule has 6 heteroatoms. The Kier molecular flexibility index (Phi) is 11.1. The minimum absolute atomic E-state index is 0.0784. The number of hydrogen-bond acceptors (Lipinski definition) is 6. The van der Waals surface area contributed by atoms with Gasteiger partial charge in [-0.05, 0) is 75.5 Å². The highest BCUT2D eigenvalue weighted by Crippen LogP contribution is 2.67. The number of aliphatic hydroxyl groups is 2. The molecule has 1 aliphatic heterocycles. The van der Waals surface area contributed by atoms with Gasteiger partial charge in [-0.2, -0.15) is 0 Å². The number of ketones is 1. The van der Waals surface area contributed by atoms with Crippen molar-refractivity contribution < 1.29 is 29.3 Å². The first-order valence-electron chi connectivity index (χ1n) is 16.1. The van der Waals surface area contributed by atoms with Gasteiger partial charge >= 0.3 is 5.97 Å². The minimum atomic E-state index is -1.11. The Morgan fingerprint density at radius 3 is 2.07 bits per heavy atom. The summed E-state index contributed by atoms with van der Waals surface area (Å²) in [6, 6.07) is 0. The second kappa shape index (κ2) is 13.8. The van der Waals surface area contributed by atoms with Crippen LogP contribution in [-0.2, 0) is 19.1 Å². The summed E-state index contributed by atoms with van der Waals surface area (Å²) in [6.45, 7) is 19.3. The molecule has 0 spiro atoms. The fourth-order valence-corrected chi connectivity index (χ4v) is 7.48. The van der Waals surface area contributed by atoms with Gasteiger partial charge in [0.05, 0.1) is 17.3 Å². The molecule has 1 saturated heterocycles. The molecule has 0 unspecified atom stereocenters. The van der Waals surface area contributed by atoms with Crippen LogP contribution in [0.25, 0.3) is 0 Å². The van der Waals surface area contributed by atoms with Gasteiger partial charge < -0.3 is 19.7 Å². The quantitative estimate of drug-likeness (QED) is 0.0855. The van der Waals surface area contributed by atoms with Gasteiger partial charge in [-0.25, -0.2) is 0 Å². The summed E-state index contributed by atoms with van der Waals surface area (Å²) >= 11 is 0. The molecule has 3 fully saturated rings. The maximum atomic E-state index is 13.1. The zero-order valence-electron chi connectivity index (χ0n) is 29.0. The summed E-state index contributed by atoms with van der Waals surface area (Å²) in [7, 11) is 0. The van der Waals surface area contributed by atoms with Gasteiger partial charge in [-0.1, -0.05) is 88.0 Å². The van der Waals surface area contributed by atoms with E-state index in [9.17, 15) is 19.8 Å². The van der Waals surface area contributed by atoms with Crippen LogP contribution in [0.4, 0.5) is 0 Å². The predicted octanol–water partition coefficient (Wildman–Crippen LogP) is 7.75. The van der Waals surface area contributed by atoms with Crippen LogP contribution in [-0.4, -0.2) is 51.0 Å². The van der Waals surface area contributed by atoms with Gasteiger partial charge in [0.2, 0.25) is 0 Å². The van der Waals surface area contributed by atoms with Gasteiger partial charge in [0.25, 0.3) is 0 Å². The van der Waals surface area contributed by atoms with E-state index in [1.807, 2.05) is 102 Å². The van der Waals surface area contributed by atoms with Gasteiger partial charge in [-0.3, -0.25) is 9.59 Å². The molecule has 0 radical (unpaired) electrons. The number of Topliss-reactive ketones (excluding diaryl/α,β-unsaturated/α-hetero) is 1. The van der Waals surface area contributed by atoms with E-state index in [1.165, 1.54) is 6.92 Å². The van der Waals surface area contributed by atoms with E-state index in [0.717, 1.165) is 16.7 Å². The first-order chi connectivity index (χ1) is 20.7. The Bertz CT molecular complexity index is 1380. The van der Waals surface area contributed by atoms with Crippen LogP contribution < -0.4 is 0 Å². The van der Waals surface area contributed by atoms with Crippen molar-refractivity contribution in [2.45, 2.75) is 130 Å². The monoisotopic (exact) mass is 618 g/mol. The van der Waals surface area contributed by atoms with E-state index in [-0.39, 0.29) is 34.8 Å². The highest BCUT2D eigenvalue weighted by atomic mass is 16.6. The fourth-order valence-electron chi connectivity index (χ4n) is 7.48. The standard InChI is InChI=1S/C39H54O6/c1-27(18-15-19-29(3)33(42)26-39-36(7,8)22-31(41)23-38(39,10)45-39)16-13-11-12-14-17-28(2)20-21-34-35(5,6)24-32(44-30(4)40)25-37(34,9)43/h11-20,31-32,41,43H,22-26H2,1-10H3/b13-11+,14-12+,18-15+,27-16+,28-17+,29-19+/t21?,31-,32-,37+,38+,39-/m0/s1. The average molecular weight is 619 g/mol. The molecule has 1 heterocycles. The van der Waals surface area contributed by atoms with E-state index < -0.39 is 16.8 Å². The molecular weight excluding hydrogens is 564 g/mol. The van der Waals surface area contributed by atoms with Crippen molar-refractivity contribution in [3.05, 3.63) is 88.8 Å². The molecule has 246 valence electrons. The largest absolute Gasteiger partial charge is 0.462 e. The van der Waals surface area contributed by atoms with Gasteiger partial charge in [0.15, 0.2) is 5.78 Å². The lowest BCUT2D eigenvalue weighted by atomic mass is 9.61. The smallest absolute Gasteiger partial charge is 0.302 e. The highest BCUT2D eigenvalue weighted by Gasteiger charge is 2.76. The maximum absolute atomic E-state index is 13.1. The van der Waals surface area contributed by atoms with Crippen molar-refractivity contribution in [1.29, 1.82) is 0 Å². The van der Waals surface area contributed by atoms with E-state index >= 15 is 0 Å². The Hall–Kier alpha value is -3.02. The number of carbonyl (C=O) groups excluding carboxylic acids is 2. The molecule has 6 nitrogen and oxygen atoms in total. The van der Waals surface area contributed by atoms with Crippen molar-refractivity contribution in [2.75, 3.05) is 0 Å². The third-order valence-electron chi connectivity index (χ3n) is 9.64. The number of hydrogen-bond donors (Lipinski definition) is 2. The van der Waals surface area contributed by atoms with E-state index in [4.69, 9.17) is 9.47 Å². The Morgan fingerprint density at radius 1 is 0.867 bits per heavy atom. The van der Waals surface area contributed by atoms with Crippen LogP contribution in [0.3, 0.4) is 0 Å². The first-order valence-corrected chi connectivity index (χ1v) is 16.1. The van der Waals surface area contributed by atoms with Crippen molar-refractivity contribution in [2.24, 2.45) is 10.8 Å². The lowest BCUT2D eigenvalue weighted by Crippen LogP contribution is -2.48. The molecule has 2 saturated carbocycles. The molecule has 45 heavy (non-hydrogen) atoms. The number of rotatable bonds is 10. The van der Waals surface area contributed by atoms with Crippen LogP contribution in [0, 0.1) is 10.8 Å². The molecule has 3 rings (SSSR count). The number of fused-ring (bicyclic) bond motifs is 1. The summed E-state index contributed by atoms with van der Waals surface area (Å²) in [5.74, 6) is -0.249. The highest BCUT2D eigenvalue weighted by molar-refractivity contribution is 5.96. The van der Waals surface area contributed by atoms with Crippen LogP contribution in [0.15, 0.2) is 88.8 Å². The van der Waals surface area contributed by atoms with Gasteiger partial charge in [-0.15, -0.1) is 5.73 Å². The summed E-state index contributed by atoms with van der Waals surface area (Å²) in [4.78, 5) is 24.5. The number of aliphatic hydroxyl groups excluding tert-OH is 1. The van der Waals surface area contributed by atoms with E-state index in [2.05, 4.69) is 19.6 Å². The van der Waals surface area contributed by atoms with E-state index in [0.29, 0.717) is 37.7 Å². The number of ether oxygens (including phenoxy) is 2. The van der Waals surface area contributed by atoms with Crippen molar-refractivity contribution in [3.8, 4) is 0 Å². The summed E-state index contributed by atoms with van der Waals surface area (Å²) in [5, 5.41) is 21.3.